The fraction of sp³-hybridized carbons (Fsp3) is 0.150. The van der Waals surface area contributed by atoms with Crippen LogP contribution in [0.5, 0.6) is 5.75 Å². The van der Waals surface area contributed by atoms with Gasteiger partial charge in [0.2, 0.25) is 0 Å². The molecule has 0 amide bonds. The fourth-order valence-electron chi connectivity index (χ4n) is 3.13. The highest BCUT2D eigenvalue weighted by Gasteiger charge is 2.16. The van der Waals surface area contributed by atoms with E-state index in [-0.39, 0.29) is 17.2 Å². The van der Waals surface area contributed by atoms with E-state index >= 15 is 0 Å². The van der Waals surface area contributed by atoms with Gasteiger partial charge in [0, 0.05) is 29.1 Å². The number of nitro groups is 1. The van der Waals surface area contributed by atoms with Crippen LogP contribution in [0.4, 0.5) is 5.69 Å². The smallest absolute Gasteiger partial charge is 0.270 e. The number of non-ortho nitro benzene ring substituents is 1. The van der Waals surface area contributed by atoms with Gasteiger partial charge in [-0.25, -0.2) is 0 Å². The number of benzene rings is 2. The highest BCUT2D eigenvalue weighted by atomic mass is 32.2. The SMILES string of the molecule is COc1ccc2c(C)cc3nnc(SCC(=O)c4cccc([N+](=O)[O-])c4)n3c2c1. The summed E-state index contributed by atoms with van der Waals surface area (Å²) in [5.41, 5.74) is 2.81. The first-order chi connectivity index (χ1) is 14.0. The van der Waals surface area contributed by atoms with Crippen LogP contribution in [0.2, 0.25) is 0 Å². The Morgan fingerprint density at radius 1 is 1.21 bits per heavy atom. The van der Waals surface area contributed by atoms with Gasteiger partial charge in [0.25, 0.3) is 5.69 Å². The largest absolute Gasteiger partial charge is 0.497 e. The van der Waals surface area contributed by atoms with E-state index in [1.165, 1.54) is 30.0 Å². The van der Waals surface area contributed by atoms with Crippen molar-refractivity contribution in [2.24, 2.45) is 0 Å². The number of hydrogen-bond acceptors (Lipinski definition) is 7. The molecule has 0 aliphatic heterocycles. The Hall–Kier alpha value is -3.46. The number of nitrogens with zero attached hydrogens (tertiary/aromatic N) is 4. The number of thioether (sulfide) groups is 1. The molecule has 29 heavy (non-hydrogen) atoms. The van der Waals surface area contributed by atoms with Crippen LogP contribution in [0, 0.1) is 17.0 Å². The van der Waals surface area contributed by atoms with Crippen LogP contribution < -0.4 is 4.74 Å². The Balaban J connectivity index is 1.68. The topological polar surface area (TPSA) is 99.6 Å². The molecule has 0 radical (unpaired) electrons. The number of ketones is 1. The van der Waals surface area contributed by atoms with Crippen molar-refractivity contribution < 1.29 is 14.5 Å². The lowest BCUT2D eigenvalue weighted by atomic mass is 10.1. The molecule has 146 valence electrons. The van der Waals surface area contributed by atoms with Crippen molar-refractivity contribution in [2.45, 2.75) is 12.1 Å². The molecule has 9 heteroatoms. The number of carbonyl (C=O) groups is 1. The number of rotatable bonds is 6. The van der Waals surface area contributed by atoms with Crippen LogP contribution in [0.15, 0.2) is 53.7 Å². The van der Waals surface area contributed by atoms with Crippen LogP contribution in [-0.2, 0) is 0 Å². The maximum absolute atomic E-state index is 12.5. The zero-order chi connectivity index (χ0) is 20.5. The van der Waals surface area contributed by atoms with Crippen LogP contribution in [0.25, 0.3) is 16.6 Å². The number of hydrogen-bond donors (Lipinski definition) is 0. The number of Topliss-reactive ketones (excluding diaryl/α,β-unsaturated/α-hetero) is 1. The quantitative estimate of drug-likeness (QED) is 0.205. The molecule has 0 aliphatic carbocycles. The van der Waals surface area contributed by atoms with Gasteiger partial charge in [-0.2, -0.15) is 0 Å². The van der Waals surface area contributed by atoms with E-state index in [0.29, 0.717) is 22.1 Å². The minimum atomic E-state index is -0.516. The number of aryl methyl sites for hydroxylation is 1. The molecule has 2 aromatic carbocycles. The maximum Gasteiger partial charge on any atom is 0.270 e. The van der Waals surface area contributed by atoms with E-state index in [1.54, 1.807) is 13.2 Å². The molecule has 4 aromatic rings. The predicted octanol–water partition coefficient (Wildman–Crippen LogP) is 4.08. The standard InChI is InChI=1S/C20H16N4O4S/c1-12-8-19-21-22-20(23(19)17-10-15(28-2)6-7-16(12)17)29-11-18(25)13-4-3-5-14(9-13)24(26)27/h3-10H,11H2,1-2H3. The molecule has 0 spiro atoms. The summed E-state index contributed by atoms with van der Waals surface area (Å²) in [4.78, 5) is 23.0. The monoisotopic (exact) mass is 408 g/mol. The van der Waals surface area contributed by atoms with Gasteiger partial charge >= 0.3 is 0 Å². The van der Waals surface area contributed by atoms with Crippen LogP contribution in [0.1, 0.15) is 15.9 Å². The third kappa shape index (κ3) is 3.52. The summed E-state index contributed by atoms with van der Waals surface area (Å²) in [5.74, 6) is 0.576. The van der Waals surface area contributed by atoms with Gasteiger partial charge in [-0.3, -0.25) is 19.3 Å². The van der Waals surface area contributed by atoms with Crippen LogP contribution in [0.3, 0.4) is 0 Å². The summed E-state index contributed by atoms with van der Waals surface area (Å²) in [5, 5.41) is 21.0. The van der Waals surface area contributed by atoms with Crippen molar-refractivity contribution >= 4 is 39.8 Å². The van der Waals surface area contributed by atoms with Gasteiger partial charge in [-0.05, 0) is 30.7 Å². The third-order valence-electron chi connectivity index (χ3n) is 4.59. The zero-order valence-electron chi connectivity index (χ0n) is 15.7. The molecular formula is C20H16N4O4S. The first-order valence-corrected chi connectivity index (χ1v) is 9.69. The van der Waals surface area contributed by atoms with Gasteiger partial charge in [0.15, 0.2) is 16.6 Å². The van der Waals surface area contributed by atoms with Gasteiger partial charge in [-0.15, -0.1) is 10.2 Å². The summed E-state index contributed by atoms with van der Waals surface area (Å²) >= 11 is 1.24. The molecule has 8 nitrogen and oxygen atoms in total. The summed E-state index contributed by atoms with van der Waals surface area (Å²) in [6.07, 6.45) is 0. The summed E-state index contributed by atoms with van der Waals surface area (Å²) in [6.45, 7) is 2.00. The summed E-state index contributed by atoms with van der Waals surface area (Å²) in [6, 6.07) is 13.4. The first-order valence-electron chi connectivity index (χ1n) is 8.71. The lowest BCUT2D eigenvalue weighted by molar-refractivity contribution is -0.384. The lowest BCUT2D eigenvalue weighted by Gasteiger charge is -2.09. The summed E-state index contributed by atoms with van der Waals surface area (Å²) in [7, 11) is 1.60. The molecule has 4 rings (SSSR count). The third-order valence-corrected chi connectivity index (χ3v) is 5.51. The maximum atomic E-state index is 12.5. The van der Waals surface area contributed by atoms with E-state index < -0.39 is 4.92 Å². The molecule has 0 N–H and O–H groups in total. The average molecular weight is 408 g/mol. The van der Waals surface area contributed by atoms with E-state index in [2.05, 4.69) is 10.2 Å². The molecule has 2 aromatic heterocycles. The number of ether oxygens (including phenoxy) is 1. The van der Waals surface area contributed by atoms with Crippen LogP contribution in [-0.4, -0.2) is 38.2 Å². The molecule has 0 saturated carbocycles. The van der Waals surface area contributed by atoms with Crippen molar-refractivity contribution in [2.75, 3.05) is 12.9 Å². The molecule has 2 heterocycles. The number of pyridine rings is 1. The summed E-state index contributed by atoms with van der Waals surface area (Å²) < 4.78 is 7.23. The van der Waals surface area contributed by atoms with Gasteiger partial charge in [0.1, 0.15) is 5.75 Å². The van der Waals surface area contributed by atoms with E-state index in [9.17, 15) is 14.9 Å². The second-order valence-electron chi connectivity index (χ2n) is 6.41. The molecular weight excluding hydrogens is 392 g/mol. The number of methoxy groups -OCH3 is 1. The molecule has 0 saturated heterocycles. The average Bonchev–Trinajstić information content (AvgIpc) is 3.14. The second-order valence-corrected chi connectivity index (χ2v) is 7.35. The number of carbonyl (C=O) groups excluding carboxylic acids is 1. The van der Waals surface area contributed by atoms with E-state index in [1.807, 2.05) is 35.6 Å². The Morgan fingerprint density at radius 3 is 2.79 bits per heavy atom. The first kappa shape index (κ1) is 18.9. The normalized spacial score (nSPS) is 11.1. The minimum Gasteiger partial charge on any atom is -0.497 e. The zero-order valence-corrected chi connectivity index (χ0v) is 16.5. The fourth-order valence-corrected chi connectivity index (χ4v) is 3.98. The number of nitro benzene ring substituents is 1. The van der Waals surface area contributed by atoms with Crippen molar-refractivity contribution in [3.63, 3.8) is 0 Å². The lowest BCUT2D eigenvalue weighted by Crippen LogP contribution is -2.04. The van der Waals surface area contributed by atoms with E-state index in [4.69, 9.17) is 4.74 Å². The van der Waals surface area contributed by atoms with E-state index in [0.717, 1.165) is 16.5 Å². The van der Waals surface area contributed by atoms with Crippen LogP contribution >= 0.6 is 11.8 Å². The Morgan fingerprint density at radius 2 is 2.03 bits per heavy atom. The van der Waals surface area contributed by atoms with Crippen molar-refractivity contribution in [1.82, 2.24) is 14.6 Å². The number of fused-ring (bicyclic) bond motifs is 3. The Bertz CT molecular complexity index is 1270. The highest BCUT2D eigenvalue weighted by molar-refractivity contribution is 7.99. The number of aromatic nitrogens is 3. The van der Waals surface area contributed by atoms with Crippen molar-refractivity contribution in [3.8, 4) is 5.75 Å². The Labute approximate surface area is 169 Å². The highest BCUT2D eigenvalue weighted by Crippen LogP contribution is 2.29. The van der Waals surface area contributed by atoms with Gasteiger partial charge in [0.05, 0.1) is 23.3 Å². The minimum absolute atomic E-state index is 0.0846. The van der Waals surface area contributed by atoms with Gasteiger partial charge < -0.3 is 4.74 Å². The van der Waals surface area contributed by atoms with Crippen molar-refractivity contribution in [1.29, 1.82) is 0 Å². The molecule has 0 unspecified atom stereocenters. The molecule has 0 bridgehead atoms. The second kappa shape index (κ2) is 7.51. The van der Waals surface area contributed by atoms with Crippen molar-refractivity contribution in [3.05, 3.63) is 69.8 Å². The van der Waals surface area contributed by atoms with Gasteiger partial charge in [-0.1, -0.05) is 23.9 Å². The molecule has 0 atom stereocenters. The Kier molecular flexibility index (Phi) is 4.89. The molecule has 0 aliphatic rings. The predicted molar refractivity (Wildman–Crippen MR) is 110 cm³/mol. The molecule has 0 fully saturated rings.